The minimum absolute atomic E-state index is 0.0414. The first kappa shape index (κ1) is 19.8. The largest absolute Gasteiger partial charge is 0.504 e. The van der Waals surface area contributed by atoms with Gasteiger partial charge in [0.1, 0.15) is 0 Å². The highest BCUT2D eigenvalue weighted by Gasteiger charge is 2.32. The smallest absolute Gasteiger partial charge is 0.317 e. The molecule has 150 valence electrons. The van der Waals surface area contributed by atoms with Crippen molar-refractivity contribution in [3.63, 3.8) is 0 Å². The molecule has 27 heavy (non-hydrogen) atoms. The van der Waals surface area contributed by atoms with E-state index in [1.807, 2.05) is 11.0 Å². The lowest BCUT2D eigenvalue weighted by molar-refractivity contribution is 0.120. The highest BCUT2D eigenvalue weighted by molar-refractivity contribution is 5.75. The summed E-state index contributed by atoms with van der Waals surface area (Å²) in [6.07, 6.45) is 4.26. The van der Waals surface area contributed by atoms with Gasteiger partial charge in [-0.1, -0.05) is 6.07 Å². The average molecular weight is 377 g/mol. The molecule has 7 nitrogen and oxygen atoms in total. The first-order valence-electron chi connectivity index (χ1n) is 9.84. The fourth-order valence-corrected chi connectivity index (χ4v) is 3.70. The number of aromatic hydroxyl groups is 1. The third-order valence-electron chi connectivity index (χ3n) is 5.41. The molecule has 0 spiro atoms. The van der Waals surface area contributed by atoms with Gasteiger partial charge in [0, 0.05) is 38.8 Å². The van der Waals surface area contributed by atoms with Crippen molar-refractivity contribution >= 4 is 6.03 Å². The van der Waals surface area contributed by atoms with Crippen LogP contribution in [0.25, 0.3) is 0 Å². The molecule has 1 aromatic carbocycles. The highest BCUT2D eigenvalue weighted by atomic mass is 16.5. The minimum atomic E-state index is -0.0414. The standard InChI is InChI=1S/C20H31N3O4/c1-27-19-11-15(4-7-18(19)25)13-23(17-5-6-17)20(26)21-8-10-22-9-2-3-16(12-22)14-24/h4,7,11,16-17,24-25H,2-3,5-6,8-10,12-14H2,1H3,(H,21,26)/t16-/m1/s1. The first-order chi connectivity index (χ1) is 13.1. The molecule has 0 bridgehead atoms. The molecule has 2 amide bonds. The van der Waals surface area contributed by atoms with E-state index in [0.29, 0.717) is 30.8 Å². The summed E-state index contributed by atoms with van der Waals surface area (Å²) in [4.78, 5) is 16.9. The zero-order valence-corrected chi connectivity index (χ0v) is 16.1. The number of carbonyl (C=O) groups excluding carboxylic acids is 1. The zero-order chi connectivity index (χ0) is 19.2. The maximum atomic E-state index is 12.7. The van der Waals surface area contributed by atoms with Crippen molar-refractivity contribution in [2.24, 2.45) is 5.92 Å². The lowest BCUT2D eigenvalue weighted by atomic mass is 9.99. The van der Waals surface area contributed by atoms with Crippen LogP contribution in [0.5, 0.6) is 11.5 Å². The molecule has 0 aromatic heterocycles. The van der Waals surface area contributed by atoms with Gasteiger partial charge in [0.05, 0.1) is 7.11 Å². The number of methoxy groups -OCH3 is 1. The van der Waals surface area contributed by atoms with E-state index in [-0.39, 0.29) is 18.4 Å². The van der Waals surface area contributed by atoms with Crippen LogP contribution in [0.1, 0.15) is 31.2 Å². The van der Waals surface area contributed by atoms with Crippen LogP contribution in [0.4, 0.5) is 4.79 Å². The Kier molecular flexibility index (Phi) is 6.79. The van der Waals surface area contributed by atoms with Gasteiger partial charge < -0.3 is 30.1 Å². The van der Waals surface area contributed by atoms with Crippen LogP contribution in [0, 0.1) is 5.92 Å². The molecule has 3 rings (SSSR count). The van der Waals surface area contributed by atoms with Gasteiger partial charge in [-0.05, 0) is 55.8 Å². The SMILES string of the molecule is COc1cc(CN(C(=O)NCCN2CCC[C@@H](CO)C2)C2CC2)ccc1O. The molecule has 7 heteroatoms. The number of benzene rings is 1. The van der Waals surface area contributed by atoms with Crippen molar-refractivity contribution in [2.45, 2.75) is 38.3 Å². The molecule has 2 aliphatic rings. The fraction of sp³-hybridized carbons (Fsp3) is 0.650. The number of nitrogens with zero attached hydrogens (tertiary/aromatic N) is 2. The Balaban J connectivity index is 1.50. The summed E-state index contributed by atoms with van der Waals surface area (Å²) in [5.74, 6) is 0.889. The summed E-state index contributed by atoms with van der Waals surface area (Å²) in [5.41, 5.74) is 0.938. The number of aliphatic hydroxyl groups excluding tert-OH is 1. The molecular weight excluding hydrogens is 346 g/mol. The number of urea groups is 1. The molecule has 1 aliphatic heterocycles. The van der Waals surface area contributed by atoms with E-state index in [1.54, 1.807) is 12.1 Å². The molecule has 2 fully saturated rings. The predicted molar refractivity (Wildman–Crippen MR) is 103 cm³/mol. The second kappa shape index (κ2) is 9.28. The summed E-state index contributed by atoms with van der Waals surface area (Å²) in [6.45, 7) is 4.11. The molecule has 1 atom stereocenters. The average Bonchev–Trinajstić information content (AvgIpc) is 3.52. The zero-order valence-electron chi connectivity index (χ0n) is 16.1. The first-order valence-corrected chi connectivity index (χ1v) is 9.84. The Morgan fingerprint density at radius 2 is 2.19 bits per heavy atom. The second-order valence-electron chi connectivity index (χ2n) is 7.59. The van der Waals surface area contributed by atoms with Gasteiger partial charge >= 0.3 is 6.03 Å². The number of ether oxygens (including phenoxy) is 1. The predicted octanol–water partition coefficient (Wildman–Crippen LogP) is 1.78. The van der Waals surface area contributed by atoms with E-state index in [2.05, 4.69) is 10.2 Å². The molecule has 1 saturated carbocycles. The number of piperidine rings is 1. The minimum Gasteiger partial charge on any atom is -0.504 e. The van der Waals surface area contributed by atoms with Gasteiger partial charge in [0.15, 0.2) is 11.5 Å². The number of aliphatic hydroxyl groups is 1. The molecule has 3 N–H and O–H groups in total. The Labute approximate surface area is 160 Å². The van der Waals surface area contributed by atoms with Crippen LogP contribution in [0.2, 0.25) is 0 Å². The summed E-state index contributed by atoms with van der Waals surface area (Å²) in [5, 5.41) is 22.1. The number of hydrogen-bond donors (Lipinski definition) is 3. The van der Waals surface area contributed by atoms with E-state index in [4.69, 9.17) is 4.74 Å². The van der Waals surface area contributed by atoms with Crippen LogP contribution < -0.4 is 10.1 Å². The Morgan fingerprint density at radius 3 is 2.89 bits per heavy atom. The molecule has 0 unspecified atom stereocenters. The lowest BCUT2D eigenvalue weighted by Crippen LogP contribution is -2.45. The highest BCUT2D eigenvalue weighted by Crippen LogP contribution is 2.31. The van der Waals surface area contributed by atoms with Crippen molar-refractivity contribution in [1.29, 1.82) is 0 Å². The topological polar surface area (TPSA) is 85.3 Å². The van der Waals surface area contributed by atoms with Gasteiger partial charge in [0.2, 0.25) is 0 Å². The number of amides is 2. The van der Waals surface area contributed by atoms with Crippen molar-refractivity contribution in [2.75, 3.05) is 39.9 Å². The Bertz CT molecular complexity index is 636. The molecule has 0 radical (unpaired) electrons. The van der Waals surface area contributed by atoms with Crippen LogP contribution in [0.15, 0.2) is 18.2 Å². The lowest BCUT2D eigenvalue weighted by Gasteiger charge is -2.32. The van der Waals surface area contributed by atoms with Gasteiger partial charge in [0.25, 0.3) is 0 Å². The Morgan fingerprint density at radius 1 is 1.37 bits per heavy atom. The Hall–Kier alpha value is -1.99. The van der Waals surface area contributed by atoms with Crippen LogP contribution in [-0.2, 0) is 6.54 Å². The van der Waals surface area contributed by atoms with E-state index in [1.165, 1.54) is 7.11 Å². The second-order valence-corrected chi connectivity index (χ2v) is 7.59. The molecule has 1 saturated heterocycles. The van der Waals surface area contributed by atoms with Gasteiger partial charge in [-0.25, -0.2) is 4.79 Å². The maximum Gasteiger partial charge on any atom is 0.317 e. The fourth-order valence-electron chi connectivity index (χ4n) is 3.70. The molecular formula is C20H31N3O4. The van der Waals surface area contributed by atoms with Crippen LogP contribution >= 0.6 is 0 Å². The summed E-state index contributed by atoms with van der Waals surface area (Å²) >= 11 is 0. The summed E-state index contributed by atoms with van der Waals surface area (Å²) in [7, 11) is 1.52. The summed E-state index contributed by atoms with van der Waals surface area (Å²) < 4.78 is 5.16. The number of likely N-dealkylation sites (tertiary alicyclic amines) is 1. The number of hydrogen-bond acceptors (Lipinski definition) is 5. The van der Waals surface area contributed by atoms with E-state index >= 15 is 0 Å². The van der Waals surface area contributed by atoms with Crippen molar-refractivity contribution < 1.29 is 19.7 Å². The van der Waals surface area contributed by atoms with Crippen LogP contribution in [0.3, 0.4) is 0 Å². The number of nitrogens with one attached hydrogen (secondary N) is 1. The van der Waals surface area contributed by atoms with E-state index < -0.39 is 0 Å². The maximum absolute atomic E-state index is 12.7. The van der Waals surface area contributed by atoms with Gasteiger partial charge in [-0.2, -0.15) is 0 Å². The normalized spacial score (nSPS) is 20.3. The molecule has 1 aliphatic carbocycles. The van der Waals surface area contributed by atoms with E-state index in [9.17, 15) is 15.0 Å². The third-order valence-corrected chi connectivity index (χ3v) is 5.41. The number of carbonyl (C=O) groups is 1. The van der Waals surface area contributed by atoms with Gasteiger partial charge in [-0.3, -0.25) is 0 Å². The monoisotopic (exact) mass is 377 g/mol. The summed E-state index contributed by atoms with van der Waals surface area (Å²) in [6, 6.07) is 5.45. The quantitative estimate of drug-likeness (QED) is 0.643. The van der Waals surface area contributed by atoms with Gasteiger partial charge in [-0.15, -0.1) is 0 Å². The van der Waals surface area contributed by atoms with Crippen molar-refractivity contribution in [3.05, 3.63) is 23.8 Å². The third kappa shape index (κ3) is 5.49. The molecule has 1 heterocycles. The number of phenols is 1. The number of phenolic OH excluding ortho intramolecular Hbond substituents is 1. The van der Waals surface area contributed by atoms with E-state index in [0.717, 1.165) is 50.9 Å². The van der Waals surface area contributed by atoms with Crippen LogP contribution in [-0.4, -0.2) is 72.0 Å². The number of rotatable bonds is 8. The molecule has 1 aromatic rings. The van der Waals surface area contributed by atoms with Crippen molar-refractivity contribution in [3.8, 4) is 11.5 Å². The van der Waals surface area contributed by atoms with Crippen molar-refractivity contribution in [1.82, 2.24) is 15.1 Å².